The third-order valence-corrected chi connectivity index (χ3v) is 8.44. The summed E-state index contributed by atoms with van der Waals surface area (Å²) >= 11 is 0. The predicted molar refractivity (Wildman–Crippen MR) is 153 cm³/mol. The van der Waals surface area contributed by atoms with Crippen molar-refractivity contribution in [1.29, 1.82) is 0 Å². The lowest BCUT2D eigenvalue weighted by Crippen LogP contribution is -2.22. The standard InChI is InChI=1S/C33H27O2P/c1-34-27-20-22-28(23-21-27)35-25-24-26-12-8-9-17-31(26)32-18-10-11-19-33(32)36(29-13-4-2-5-14-29)30-15-6-3-7-16-30/h2-25H,1H3. The van der Waals surface area contributed by atoms with E-state index >= 15 is 0 Å². The molecule has 176 valence electrons. The van der Waals surface area contributed by atoms with Gasteiger partial charge in [-0.1, -0.05) is 109 Å². The normalized spacial score (nSPS) is 11.1. The minimum atomic E-state index is -0.724. The SMILES string of the molecule is COc1ccc(OC=Cc2ccccc2-c2ccccc2P(c2ccccc2)c2ccccc2)cc1. The van der Waals surface area contributed by atoms with E-state index in [-0.39, 0.29) is 0 Å². The van der Waals surface area contributed by atoms with E-state index in [0.29, 0.717) is 0 Å². The molecule has 0 spiro atoms. The van der Waals surface area contributed by atoms with Crippen molar-refractivity contribution in [3.05, 3.63) is 145 Å². The highest BCUT2D eigenvalue weighted by Gasteiger charge is 2.20. The molecule has 5 aromatic carbocycles. The molecule has 5 aromatic rings. The summed E-state index contributed by atoms with van der Waals surface area (Å²) in [6.07, 6.45) is 3.78. The van der Waals surface area contributed by atoms with Crippen LogP contribution in [0.25, 0.3) is 17.2 Å². The van der Waals surface area contributed by atoms with Crippen LogP contribution in [-0.4, -0.2) is 7.11 Å². The summed E-state index contributed by atoms with van der Waals surface area (Å²) < 4.78 is 11.1. The van der Waals surface area contributed by atoms with E-state index < -0.39 is 7.92 Å². The summed E-state index contributed by atoms with van der Waals surface area (Å²) in [4.78, 5) is 0. The highest BCUT2D eigenvalue weighted by Crippen LogP contribution is 2.38. The Morgan fingerprint density at radius 3 is 1.69 bits per heavy atom. The van der Waals surface area contributed by atoms with Gasteiger partial charge in [-0.15, -0.1) is 0 Å². The predicted octanol–water partition coefficient (Wildman–Crippen LogP) is 7.17. The molecule has 36 heavy (non-hydrogen) atoms. The van der Waals surface area contributed by atoms with Crippen molar-refractivity contribution in [3.8, 4) is 22.6 Å². The molecule has 0 saturated heterocycles. The molecule has 0 atom stereocenters. The lowest BCUT2D eigenvalue weighted by atomic mass is 10.00. The third kappa shape index (κ3) is 5.40. The van der Waals surface area contributed by atoms with Crippen molar-refractivity contribution < 1.29 is 9.47 Å². The second kappa shape index (κ2) is 11.5. The second-order valence-electron chi connectivity index (χ2n) is 8.21. The number of hydrogen-bond acceptors (Lipinski definition) is 2. The van der Waals surface area contributed by atoms with Crippen molar-refractivity contribution in [3.63, 3.8) is 0 Å². The van der Waals surface area contributed by atoms with E-state index in [4.69, 9.17) is 9.47 Å². The summed E-state index contributed by atoms with van der Waals surface area (Å²) in [6, 6.07) is 46.5. The largest absolute Gasteiger partial charge is 0.497 e. The summed E-state index contributed by atoms with van der Waals surface area (Å²) in [5.41, 5.74) is 3.53. The van der Waals surface area contributed by atoms with Crippen LogP contribution in [-0.2, 0) is 0 Å². The zero-order valence-electron chi connectivity index (χ0n) is 20.1. The van der Waals surface area contributed by atoms with Gasteiger partial charge in [0.2, 0.25) is 0 Å². The van der Waals surface area contributed by atoms with E-state index in [0.717, 1.165) is 17.1 Å². The fourth-order valence-electron chi connectivity index (χ4n) is 4.21. The first-order valence-corrected chi connectivity index (χ1v) is 13.2. The maximum Gasteiger partial charge on any atom is 0.126 e. The monoisotopic (exact) mass is 486 g/mol. The summed E-state index contributed by atoms with van der Waals surface area (Å²) in [5.74, 6) is 1.57. The molecule has 0 unspecified atom stereocenters. The number of benzene rings is 5. The van der Waals surface area contributed by atoms with Crippen LogP contribution in [0.5, 0.6) is 11.5 Å². The van der Waals surface area contributed by atoms with Crippen LogP contribution in [0.1, 0.15) is 5.56 Å². The van der Waals surface area contributed by atoms with Crippen molar-refractivity contribution in [2.24, 2.45) is 0 Å². The molecular weight excluding hydrogens is 459 g/mol. The smallest absolute Gasteiger partial charge is 0.126 e. The van der Waals surface area contributed by atoms with Crippen LogP contribution in [0.4, 0.5) is 0 Å². The number of methoxy groups -OCH3 is 1. The first kappa shape index (κ1) is 23.6. The maximum absolute atomic E-state index is 5.88. The Balaban J connectivity index is 1.53. The Labute approximate surface area is 214 Å². The van der Waals surface area contributed by atoms with Crippen LogP contribution < -0.4 is 25.4 Å². The van der Waals surface area contributed by atoms with Gasteiger partial charge in [-0.05, 0) is 70.9 Å². The van der Waals surface area contributed by atoms with Gasteiger partial charge in [0.1, 0.15) is 11.5 Å². The molecule has 0 radical (unpaired) electrons. The van der Waals surface area contributed by atoms with Crippen molar-refractivity contribution in [1.82, 2.24) is 0 Å². The number of hydrogen-bond donors (Lipinski definition) is 0. The second-order valence-corrected chi connectivity index (χ2v) is 10.4. The average molecular weight is 487 g/mol. The van der Waals surface area contributed by atoms with Gasteiger partial charge in [0.15, 0.2) is 0 Å². The third-order valence-electron chi connectivity index (χ3n) is 5.94. The first-order chi connectivity index (χ1) is 17.8. The van der Waals surface area contributed by atoms with E-state index in [1.54, 1.807) is 13.4 Å². The summed E-state index contributed by atoms with van der Waals surface area (Å²) in [7, 11) is 0.935. The zero-order chi connectivity index (χ0) is 24.6. The molecule has 0 N–H and O–H groups in total. The van der Waals surface area contributed by atoms with Gasteiger partial charge in [0, 0.05) is 0 Å². The highest BCUT2D eigenvalue weighted by atomic mass is 31.1. The Kier molecular flexibility index (Phi) is 7.56. The van der Waals surface area contributed by atoms with E-state index in [1.165, 1.54) is 27.0 Å². The zero-order valence-corrected chi connectivity index (χ0v) is 21.0. The Morgan fingerprint density at radius 1 is 0.528 bits per heavy atom. The molecular formula is C33H27O2P. The van der Waals surface area contributed by atoms with Crippen LogP contribution in [0, 0.1) is 0 Å². The molecule has 2 nitrogen and oxygen atoms in total. The van der Waals surface area contributed by atoms with Crippen LogP contribution in [0.3, 0.4) is 0 Å². The molecule has 0 aromatic heterocycles. The molecule has 0 aliphatic carbocycles. The van der Waals surface area contributed by atoms with Crippen LogP contribution >= 0.6 is 7.92 Å². The van der Waals surface area contributed by atoms with E-state index in [1.807, 2.05) is 30.3 Å². The maximum atomic E-state index is 5.88. The van der Waals surface area contributed by atoms with Gasteiger partial charge in [0.05, 0.1) is 13.4 Å². The molecule has 0 bridgehead atoms. The Hall–Kier alpha value is -4.13. The molecule has 0 fully saturated rings. The van der Waals surface area contributed by atoms with Crippen molar-refractivity contribution in [2.45, 2.75) is 0 Å². The minimum absolute atomic E-state index is 0.724. The first-order valence-electron chi connectivity index (χ1n) is 11.9. The number of ether oxygens (including phenoxy) is 2. The van der Waals surface area contributed by atoms with Gasteiger partial charge in [-0.25, -0.2) is 0 Å². The lowest BCUT2D eigenvalue weighted by molar-refractivity contribution is 0.413. The fourth-order valence-corrected chi connectivity index (χ4v) is 6.67. The van der Waals surface area contributed by atoms with Crippen molar-refractivity contribution >= 4 is 29.9 Å². The molecule has 5 rings (SSSR count). The fraction of sp³-hybridized carbons (Fsp3) is 0.0303. The van der Waals surface area contributed by atoms with E-state index in [2.05, 4.69) is 109 Å². The molecule has 0 amide bonds. The quantitative estimate of drug-likeness (QED) is 0.171. The van der Waals surface area contributed by atoms with Gasteiger partial charge >= 0.3 is 0 Å². The molecule has 3 heteroatoms. The van der Waals surface area contributed by atoms with Gasteiger partial charge < -0.3 is 9.47 Å². The minimum Gasteiger partial charge on any atom is -0.497 e. The molecule has 0 aliphatic heterocycles. The highest BCUT2D eigenvalue weighted by molar-refractivity contribution is 7.80. The topological polar surface area (TPSA) is 18.5 Å². The van der Waals surface area contributed by atoms with Crippen LogP contribution in [0.2, 0.25) is 0 Å². The average Bonchev–Trinajstić information content (AvgIpc) is 2.95. The number of rotatable bonds is 8. The van der Waals surface area contributed by atoms with Gasteiger partial charge in [-0.3, -0.25) is 0 Å². The summed E-state index contributed by atoms with van der Waals surface area (Å²) in [6.45, 7) is 0. The van der Waals surface area contributed by atoms with E-state index in [9.17, 15) is 0 Å². The molecule has 0 saturated carbocycles. The molecule has 0 heterocycles. The molecule has 0 aliphatic rings. The van der Waals surface area contributed by atoms with Crippen molar-refractivity contribution in [2.75, 3.05) is 7.11 Å². The Morgan fingerprint density at radius 2 is 1.06 bits per heavy atom. The van der Waals surface area contributed by atoms with Gasteiger partial charge in [-0.2, -0.15) is 0 Å². The Bertz CT molecular complexity index is 1390. The van der Waals surface area contributed by atoms with Crippen LogP contribution in [0.15, 0.2) is 140 Å². The summed E-state index contributed by atoms with van der Waals surface area (Å²) in [5, 5.41) is 4.01. The lowest BCUT2D eigenvalue weighted by Gasteiger charge is -2.23. The van der Waals surface area contributed by atoms with Gasteiger partial charge in [0.25, 0.3) is 0 Å².